The molecule has 0 saturated heterocycles. The number of nitrogens with two attached hydrogens (primary N) is 1. The Morgan fingerprint density at radius 2 is 2.17 bits per heavy atom. The molecule has 0 radical (unpaired) electrons. The van der Waals surface area contributed by atoms with E-state index in [1.165, 1.54) is 0 Å². The lowest BCUT2D eigenvalue weighted by molar-refractivity contribution is 0.149. The summed E-state index contributed by atoms with van der Waals surface area (Å²) in [6.45, 7) is -0.0625. The second-order valence-electron chi connectivity index (χ2n) is 2.21. The van der Waals surface area contributed by atoms with E-state index in [1.807, 2.05) is 0 Å². The Morgan fingerprint density at radius 3 is 2.67 bits per heavy atom. The number of nitrogens with zero attached hydrogens (tertiary/aromatic N) is 1. The second kappa shape index (κ2) is 3.53. The molecule has 0 aromatic carbocycles. The minimum absolute atomic E-state index is 0.0625. The Bertz CT molecular complexity index is 275. The zero-order chi connectivity index (χ0) is 9.14. The first-order valence-electron chi connectivity index (χ1n) is 3.27. The molecule has 1 aromatic heterocycles. The molecule has 2 nitrogen and oxygen atoms in total. The molecule has 1 heterocycles. The third kappa shape index (κ3) is 1.73. The summed E-state index contributed by atoms with van der Waals surface area (Å²) in [6, 6.07) is 0.701. The fourth-order valence-corrected chi connectivity index (χ4v) is 0.846. The van der Waals surface area contributed by atoms with Crippen molar-refractivity contribution in [3.63, 3.8) is 0 Å². The van der Waals surface area contributed by atoms with Crippen molar-refractivity contribution >= 4 is 0 Å². The van der Waals surface area contributed by atoms with E-state index in [-0.39, 0.29) is 17.7 Å². The Morgan fingerprint density at radius 1 is 1.50 bits per heavy atom. The molecule has 0 bridgehead atoms. The molecule has 5 heteroatoms. The van der Waals surface area contributed by atoms with Gasteiger partial charge in [0.25, 0.3) is 6.43 Å². The van der Waals surface area contributed by atoms with Crippen molar-refractivity contribution in [2.75, 3.05) is 0 Å². The van der Waals surface area contributed by atoms with Gasteiger partial charge in [-0.2, -0.15) is 4.39 Å². The third-order valence-electron chi connectivity index (χ3n) is 1.44. The zero-order valence-corrected chi connectivity index (χ0v) is 6.10. The Labute approximate surface area is 67.2 Å². The molecule has 0 spiro atoms. The lowest BCUT2D eigenvalue weighted by atomic mass is 10.1. The average molecular weight is 176 g/mol. The van der Waals surface area contributed by atoms with Gasteiger partial charge in [-0.3, -0.25) is 0 Å². The van der Waals surface area contributed by atoms with Gasteiger partial charge in [-0.15, -0.1) is 0 Å². The normalized spacial score (nSPS) is 10.8. The number of rotatable bonds is 2. The number of halogens is 3. The Kier molecular flexibility index (Phi) is 2.65. The second-order valence-corrected chi connectivity index (χ2v) is 2.21. The van der Waals surface area contributed by atoms with Gasteiger partial charge in [-0.25, -0.2) is 13.8 Å². The van der Waals surface area contributed by atoms with E-state index < -0.39 is 12.4 Å². The van der Waals surface area contributed by atoms with Crippen LogP contribution in [-0.2, 0) is 6.54 Å². The van der Waals surface area contributed by atoms with Crippen molar-refractivity contribution in [1.82, 2.24) is 4.98 Å². The number of aromatic nitrogens is 1. The van der Waals surface area contributed by atoms with Gasteiger partial charge in [0.15, 0.2) is 0 Å². The van der Waals surface area contributed by atoms with Crippen LogP contribution in [0.25, 0.3) is 0 Å². The molecule has 0 saturated carbocycles. The van der Waals surface area contributed by atoms with Gasteiger partial charge in [0, 0.05) is 24.4 Å². The molecule has 0 amide bonds. The van der Waals surface area contributed by atoms with Gasteiger partial charge in [0.05, 0.1) is 0 Å². The third-order valence-corrected chi connectivity index (χ3v) is 1.44. The van der Waals surface area contributed by atoms with Gasteiger partial charge in [0.2, 0.25) is 5.95 Å². The van der Waals surface area contributed by atoms with Crippen LogP contribution in [0, 0.1) is 5.95 Å². The van der Waals surface area contributed by atoms with Gasteiger partial charge < -0.3 is 5.73 Å². The monoisotopic (exact) mass is 176 g/mol. The molecular weight excluding hydrogens is 169 g/mol. The maximum absolute atomic E-state index is 12.4. The predicted molar refractivity (Wildman–Crippen MR) is 37.0 cm³/mol. The molecular formula is C7H7F3N2. The molecule has 0 aliphatic rings. The van der Waals surface area contributed by atoms with Crippen LogP contribution < -0.4 is 5.73 Å². The van der Waals surface area contributed by atoms with Gasteiger partial charge in [0.1, 0.15) is 0 Å². The maximum atomic E-state index is 12.4. The van der Waals surface area contributed by atoms with Crippen molar-refractivity contribution in [1.29, 1.82) is 0 Å². The van der Waals surface area contributed by atoms with Crippen molar-refractivity contribution in [2.45, 2.75) is 13.0 Å². The van der Waals surface area contributed by atoms with Crippen LogP contribution in [0.5, 0.6) is 0 Å². The van der Waals surface area contributed by atoms with E-state index in [0.717, 1.165) is 6.20 Å². The van der Waals surface area contributed by atoms with Crippen LogP contribution in [0.2, 0.25) is 0 Å². The van der Waals surface area contributed by atoms with Crippen LogP contribution >= 0.6 is 0 Å². The standard InChI is InChI=1S/C7H7F3N2/c8-6-1-5(7(9)10)4(2-11)3-12-6/h1,3,7H,2,11H2. The summed E-state index contributed by atoms with van der Waals surface area (Å²) in [5, 5.41) is 0. The van der Waals surface area contributed by atoms with Crippen LogP contribution in [0.3, 0.4) is 0 Å². The fraction of sp³-hybridized carbons (Fsp3) is 0.286. The number of alkyl halides is 2. The first-order chi connectivity index (χ1) is 5.65. The molecule has 2 N–H and O–H groups in total. The minimum atomic E-state index is -2.71. The summed E-state index contributed by atoms with van der Waals surface area (Å²) in [5.74, 6) is -0.914. The van der Waals surface area contributed by atoms with E-state index in [1.54, 1.807) is 0 Å². The average Bonchev–Trinajstić information content (AvgIpc) is 2.04. The van der Waals surface area contributed by atoms with Gasteiger partial charge >= 0.3 is 0 Å². The largest absolute Gasteiger partial charge is 0.326 e. The van der Waals surface area contributed by atoms with Crippen LogP contribution in [0.1, 0.15) is 17.6 Å². The van der Waals surface area contributed by atoms with Crippen molar-refractivity contribution in [3.8, 4) is 0 Å². The molecule has 0 atom stereocenters. The highest BCUT2D eigenvalue weighted by Gasteiger charge is 2.13. The first kappa shape index (κ1) is 8.99. The highest BCUT2D eigenvalue weighted by atomic mass is 19.3. The number of pyridine rings is 1. The quantitative estimate of drug-likeness (QED) is 0.695. The summed E-state index contributed by atoms with van der Waals surface area (Å²) in [4.78, 5) is 3.21. The summed E-state index contributed by atoms with van der Waals surface area (Å²) in [5.41, 5.74) is 4.93. The molecule has 0 unspecified atom stereocenters. The predicted octanol–water partition coefficient (Wildman–Crippen LogP) is 1.62. The molecule has 12 heavy (non-hydrogen) atoms. The summed E-state index contributed by atoms with van der Waals surface area (Å²) < 4.78 is 36.6. The topological polar surface area (TPSA) is 38.9 Å². The molecule has 0 aliphatic carbocycles. The molecule has 0 fully saturated rings. The molecule has 66 valence electrons. The molecule has 1 aromatic rings. The van der Waals surface area contributed by atoms with Crippen molar-refractivity contribution in [2.24, 2.45) is 5.73 Å². The first-order valence-corrected chi connectivity index (χ1v) is 3.27. The highest BCUT2D eigenvalue weighted by Crippen LogP contribution is 2.22. The maximum Gasteiger partial charge on any atom is 0.264 e. The zero-order valence-electron chi connectivity index (χ0n) is 6.10. The van der Waals surface area contributed by atoms with E-state index in [2.05, 4.69) is 4.98 Å². The Balaban J connectivity index is 3.12. The van der Waals surface area contributed by atoms with E-state index in [4.69, 9.17) is 5.73 Å². The smallest absolute Gasteiger partial charge is 0.264 e. The molecule has 0 aliphatic heterocycles. The van der Waals surface area contributed by atoms with Crippen LogP contribution in [0.4, 0.5) is 13.2 Å². The van der Waals surface area contributed by atoms with E-state index in [0.29, 0.717) is 6.07 Å². The summed E-state index contributed by atoms with van der Waals surface area (Å²) in [6.07, 6.45) is -1.68. The van der Waals surface area contributed by atoms with Gasteiger partial charge in [-0.1, -0.05) is 0 Å². The van der Waals surface area contributed by atoms with Crippen molar-refractivity contribution in [3.05, 3.63) is 29.3 Å². The fourth-order valence-electron chi connectivity index (χ4n) is 0.846. The highest BCUT2D eigenvalue weighted by molar-refractivity contribution is 5.24. The number of hydrogen-bond donors (Lipinski definition) is 1. The summed E-state index contributed by atoms with van der Waals surface area (Å²) in [7, 11) is 0. The molecule has 1 rings (SSSR count). The SMILES string of the molecule is NCc1cnc(F)cc1C(F)F. The lowest BCUT2D eigenvalue weighted by Crippen LogP contribution is -2.03. The van der Waals surface area contributed by atoms with Gasteiger partial charge in [-0.05, 0) is 5.56 Å². The van der Waals surface area contributed by atoms with Crippen molar-refractivity contribution < 1.29 is 13.2 Å². The van der Waals surface area contributed by atoms with Crippen LogP contribution in [0.15, 0.2) is 12.3 Å². The Hall–Kier alpha value is -1.10. The number of hydrogen-bond acceptors (Lipinski definition) is 2. The van der Waals surface area contributed by atoms with E-state index in [9.17, 15) is 13.2 Å². The summed E-state index contributed by atoms with van der Waals surface area (Å²) >= 11 is 0. The van der Waals surface area contributed by atoms with E-state index >= 15 is 0 Å². The minimum Gasteiger partial charge on any atom is -0.326 e. The lowest BCUT2D eigenvalue weighted by Gasteiger charge is -2.04. The van der Waals surface area contributed by atoms with Crippen LogP contribution in [-0.4, -0.2) is 4.98 Å².